The van der Waals surface area contributed by atoms with Gasteiger partial charge in [-0.25, -0.2) is 4.98 Å². The summed E-state index contributed by atoms with van der Waals surface area (Å²) >= 11 is 0. The molecule has 0 aromatic carbocycles. The zero-order valence-corrected chi connectivity index (χ0v) is 12.4. The molecule has 0 radical (unpaired) electrons. The van der Waals surface area contributed by atoms with Crippen molar-refractivity contribution in [3.05, 3.63) is 29.6 Å². The Morgan fingerprint density at radius 2 is 1.86 bits per heavy atom. The SMILES string of the molecule is CN1C2CCCC1CC(C(=O)c1cccc(C(F)(F)F)n1)C2. The molecule has 2 unspecified atom stereocenters. The summed E-state index contributed by atoms with van der Waals surface area (Å²) < 4.78 is 38.2. The van der Waals surface area contributed by atoms with E-state index in [4.69, 9.17) is 0 Å². The molecule has 1 aromatic heterocycles. The monoisotopic (exact) mass is 312 g/mol. The first-order chi connectivity index (χ1) is 10.4. The lowest BCUT2D eigenvalue weighted by Crippen LogP contribution is -2.51. The van der Waals surface area contributed by atoms with Gasteiger partial charge in [0, 0.05) is 18.0 Å². The lowest BCUT2D eigenvalue weighted by Gasteiger charge is -2.46. The third kappa shape index (κ3) is 2.89. The van der Waals surface area contributed by atoms with Crippen LogP contribution in [0.15, 0.2) is 18.2 Å². The summed E-state index contributed by atoms with van der Waals surface area (Å²) in [6.45, 7) is 0. The molecule has 1 aromatic rings. The highest BCUT2D eigenvalue weighted by Gasteiger charge is 2.40. The average Bonchev–Trinajstić information content (AvgIpc) is 2.45. The van der Waals surface area contributed by atoms with E-state index in [-0.39, 0.29) is 17.4 Å². The van der Waals surface area contributed by atoms with Crippen molar-refractivity contribution in [2.24, 2.45) is 5.92 Å². The van der Waals surface area contributed by atoms with Crippen LogP contribution in [-0.2, 0) is 6.18 Å². The van der Waals surface area contributed by atoms with Crippen molar-refractivity contribution in [1.29, 1.82) is 0 Å². The van der Waals surface area contributed by atoms with Crippen molar-refractivity contribution < 1.29 is 18.0 Å². The molecule has 0 saturated carbocycles. The maximum absolute atomic E-state index is 12.7. The number of hydrogen-bond acceptors (Lipinski definition) is 3. The maximum atomic E-state index is 12.7. The van der Waals surface area contributed by atoms with E-state index in [0.717, 1.165) is 31.7 Å². The average molecular weight is 312 g/mol. The van der Waals surface area contributed by atoms with E-state index in [2.05, 4.69) is 16.9 Å². The van der Waals surface area contributed by atoms with Gasteiger partial charge in [-0.3, -0.25) is 4.79 Å². The van der Waals surface area contributed by atoms with Crippen molar-refractivity contribution in [2.45, 2.75) is 50.4 Å². The summed E-state index contributed by atoms with van der Waals surface area (Å²) in [6, 6.07) is 4.30. The number of piperidine rings is 2. The molecule has 2 saturated heterocycles. The fraction of sp³-hybridized carbons (Fsp3) is 0.625. The van der Waals surface area contributed by atoms with Gasteiger partial charge in [0.1, 0.15) is 11.4 Å². The molecule has 2 aliphatic rings. The number of halogens is 3. The molecule has 0 amide bonds. The van der Waals surface area contributed by atoms with Crippen LogP contribution in [0, 0.1) is 5.92 Å². The Hall–Kier alpha value is -1.43. The van der Waals surface area contributed by atoms with Crippen molar-refractivity contribution in [3.8, 4) is 0 Å². The summed E-state index contributed by atoms with van der Waals surface area (Å²) in [5, 5.41) is 0. The Morgan fingerprint density at radius 1 is 1.23 bits per heavy atom. The Kier molecular flexibility index (Phi) is 3.97. The van der Waals surface area contributed by atoms with Crippen molar-refractivity contribution in [2.75, 3.05) is 7.05 Å². The minimum atomic E-state index is -4.51. The predicted molar refractivity (Wildman–Crippen MR) is 75.5 cm³/mol. The summed E-state index contributed by atoms with van der Waals surface area (Å²) in [5.41, 5.74) is -1.05. The summed E-state index contributed by atoms with van der Waals surface area (Å²) in [4.78, 5) is 18.4. The molecule has 0 aliphatic carbocycles. The highest BCUT2D eigenvalue weighted by atomic mass is 19.4. The van der Waals surface area contributed by atoms with Crippen LogP contribution in [-0.4, -0.2) is 34.8 Å². The van der Waals surface area contributed by atoms with Crippen LogP contribution in [0.3, 0.4) is 0 Å². The van der Waals surface area contributed by atoms with Gasteiger partial charge in [0.05, 0.1) is 0 Å². The Morgan fingerprint density at radius 3 is 2.45 bits per heavy atom. The minimum absolute atomic E-state index is 0.0533. The zero-order valence-electron chi connectivity index (χ0n) is 12.4. The molecule has 120 valence electrons. The highest BCUT2D eigenvalue weighted by molar-refractivity contribution is 5.96. The van der Waals surface area contributed by atoms with Gasteiger partial charge in [-0.2, -0.15) is 13.2 Å². The van der Waals surface area contributed by atoms with Crippen molar-refractivity contribution >= 4 is 5.78 Å². The van der Waals surface area contributed by atoms with Gasteiger partial charge in [-0.15, -0.1) is 0 Å². The Bertz CT molecular complexity index is 559. The first-order valence-electron chi connectivity index (χ1n) is 7.66. The smallest absolute Gasteiger partial charge is 0.300 e. The van der Waals surface area contributed by atoms with Crippen LogP contribution in [0.2, 0.25) is 0 Å². The second-order valence-electron chi connectivity index (χ2n) is 6.34. The largest absolute Gasteiger partial charge is 0.433 e. The fourth-order valence-corrected chi connectivity index (χ4v) is 3.77. The molecule has 2 fully saturated rings. The van der Waals surface area contributed by atoms with Crippen molar-refractivity contribution in [3.63, 3.8) is 0 Å². The number of pyridine rings is 1. The Balaban J connectivity index is 1.80. The molecular weight excluding hydrogens is 293 g/mol. The van der Waals surface area contributed by atoms with Gasteiger partial charge in [0.15, 0.2) is 5.78 Å². The fourth-order valence-electron chi connectivity index (χ4n) is 3.77. The normalized spacial score (nSPS) is 29.4. The van der Waals surface area contributed by atoms with Crippen LogP contribution < -0.4 is 0 Å². The van der Waals surface area contributed by atoms with Gasteiger partial charge in [-0.1, -0.05) is 12.5 Å². The quantitative estimate of drug-likeness (QED) is 0.783. The molecule has 0 N–H and O–H groups in total. The molecular formula is C16H19F3N2O. The number of aromatic nitrogens is 1. The topological polar surface area (TPSA) is 33.2 Å². The van der Waals surface area contributed by atoms with Crippen LogP contribution in [0.4, 0.5) is 13.2 Å². The zero-order chi connectivity index (χ0) is 15.9. The number of Topliss-reactive ketones (excluding diaryl/α,β-unsaturated/α-hetero) is 1. The number of carbonyl (C=O) groups excluding carboxylic acids is 1. The van der Waals surface area contributed by atoms with Crippen LogP contribution in [0.25, 0.3) is 0 Å². The van der Waals surface area contributed by atoms with Gasteiger partial charge in [-0.05, 0) is 44.9 Å². The van der Waals surface area contributed by atoms with Crippen molar-refractivity contribution in [1.82, 2.24) is 9.88 Å². The number of nitrogens with zero attached hydrogens (tertiary/aromatic N) is 2. The molecule has 3 nitrogen and oxygen atoms in total. The maximum Gasteiger partial charge on any atom is 0.433 e. The number of hydrogen-bond donors (Lipinski definition) is 0. The summed E-state index contributed by atoms with van der Waals surface area (Å²) in [6.07, 6.45) is 0.231. The molecule has 3 heterocycles. The molecule has 0 spiro atoms. The summed E-state index contributed by atoms with van der Waals surface area (Å²) in [5.74, 6) is -0.446. The van der Waals surface area contributed by atoms with E-state index in [0.29, 0.717) is 12.1 Å². The Labute approximate surface area is 127 Å². The lowest BCUT2D eigenvalue weighted by molar-refractivity contribution is -0.141. The standard InChI is InChI=1S/C16H19F3N2O/c1-21-11-4-2-5-12(21)9-10(8-11)15(22)13-6-3-7-14(20-13)16(17,18)19/h3,6-7,10-12H,2,4-5,8-9H2,1H3. The highest BCUT2D eigenvalue weighted by Crippen LogP contribution is 2.37. The number of ketones is 1. The molecule has 22 heavy (non-hydrogen) atoms. The predicted octanol–water partition coefficient (Wildman–Crippen LogP) is 3.55. The van der Waals surface area contributed by atoms with E-state index in [1.54, 1.807) is 0 Å². The lowest BCUT2D eigenvalue weighted by atomic mass is 9.76. The number of carbonyl (C=O) groups is 1. The van der Waals surface area contributed by atoms with E-state index in [1.165, 1.54) is 18.6 Å². The van der Waals surface area contributed by atoms with E-state index in [9.17, 15) is 18.0 Å². The second-order valence-corrected chi connectivity index (χ2v) is 6.34. The van der Waals surface area contributed by atoms with Gasteiger partial charge in [0.25, 0.3) is 0 Å². The van der Waals surface area contributed by atoms with E-state index < -0.39 is 11.9 Å². The van der Waals surface area contributed by atoms with Crippen LogP contribution in [0.1, 0.15) is 48.3 Å². The third-order valence-corrected chi connectivity index (χ3v) is 5.00. The molecule has 2 aliphatic heterocycles. The first kappa shape index (κ1) is 15.5. The van der Waals surface area contributed by atoms with Gasteiger partial charge >= 0.3 is 6.18 Å². The van der Waals surface area contributed by atoms with Gasteiger partial charge in [0.2, 0.25) is 0 Å². The third-order valence-electron chi connectivity index (χ3n) is 5.00. The van der Waals surface area contributed by atoms with Crippen LogP contribution >= 0.6 is 0 Å². The van der Waals surface area contributed by atoms with E-state index in [1.807, 2.05) is 0 Å². The minimum Gasteiger partial charge on any atom is -0.300 e. The number of rotatable bonds is 2. The molecule has 2 atom stereocenters. The van der Waals surface area contributed by atoms with Crippen LogP contribution in [0.5, 0.6) is 0 Å². The summed E-state index contributed by atoms with van der Waals surface area (Å²) in [7, 11) is 2.08. The number of fused-ring (bicyclic) bond motifs is 2. The molecule has 2 bridgehead atoms. The van der Waals surface area contributed by atoms with Gasteiger partial charge < -0.3 is 4.90 Å². The second kappa shape index (κ2) is 5.65. The first-order valence-corrected chi connectivity index (χ1v) is 7.66. The molecule has 3 rings (SSSR count). The molecule has 6 heteroatoms. The number of alkyl halides is 3. The van der Waals surface area contributed by atoms with E-state index >= 15 is 0 Å².